The lowest BCUT2D eigenvalue weighted by molar-refractivity contribution is 1.18. The number of hydrogen-bond donors (Lipinski definition) is 0. The molecular weight excluding hydrogens is 510 g/mol. The summed E-state index contributed by atoms with van der Waals surface area (Å²) in [4.78, 5) is 5.28. The van der Waals surface area contributed by atoms with Crippen molar-refractivity contribution in [3.63, 3.8) is 0 Å². The van der Waals surface area contributed by atoms with Gasteiger partial charge in [0.15, 0.2) is 0 Å². The van der Waals surface area contributed by atoms with Gasteiger partial charge in [0.05, 0.1) is 33.3 Å². The Balaban J connectivity index is 1.26. The Hall–Kier alpha value is -5.67. The van der Waals surface area contributed by atoms with Gasteiger partial charge in [-0.3, -0.25) is 0 Å². The molecule has 3 heteroatoms. The third kappa shape index (κ3) is 3.37. The lowest BCUT2D eigenvalue weighted by atomic mass is 10.1. The summed E-state index contributed by atoms with van der Waals surface area (Å²) in [5.41, 5.74) is 10.1. The molecule has 9 aromatic rings. The van der Waals surface area contributed by atoms with Crippen molar-refractivity contribution in [3.8, 4) is 22.6 Å². The molecule has 3 nitrogen and oxygen atoms in total. The third-order valence-corrected chi connectivity index (χ3v) is 8.49. The first kappa shape index (κ1) is 23.1. The maximum absolute atomic E-state index is 5.28. The molecule has 0 N–H and O–H groups in total. The molecule has 0 saturated heterocycles. The van der Waals surface area contributed by atoms with E-state index in [2.05, 4.69) is 161 Å². The molecule has 196 valence electrons. The number of para-hydroxylation sites is 3. The van der Waals surface area contributed by atoms with Crippen molar-refractivity contribution >= 4 is 54.5 Å². The van der Waals surface area contributed by atoms with Crippen LogP contribution < -0.4 is 0 Å². The van der Waals surface area contributed by atoms with Crippen molar-refractivity contribution in [1.29, 1.82) is 0 Å². The Morgan fingerprint density at radius 3 is 1.88 bits per heavy atom. The molecule has 0 saturated carbocycles. The first-order valence-electron chi connectivity index (χ1n) is 14.3. The molecule has 0 aliphatic rings. The summed E-state index contributed by atoms with van der Waals surface area (Å²) >= 11 is 0. The quantitative estimate of drug-likeness (QED) is 0.221. The molecule has 0 radical (unpaired) electrons. The number of rotatable bonds is 3. The third-order valence-electron chi connectivity index (χ3n) is 8.49. The Labute approximate surface area is 242 Å². The average molecular weight is 536 g/mol. The zero-order chi connectivity index (χ0) is 27.6. The van der Waals surface area contributed by atoms with Crippen molar-refractivity contribution in [2.24, 2.45) is 0 Å². The van der Waals surface area contributed by atoms with Crippen LogP contribution in [0.5, 0.6) is 0 Å². The number of hydrogen-bond acceptors (Lipinski definition) is 1. The molecule has 0 spiro atoms. The number of fused-ring (bicyclic) bond motifs is 7. The van der Waals surface area contributed by atoms with Gasteiger partial charge in [0.25, 0.3) is 0 Å². The van der Waals surface area contributed by atoms with Crippen LogP contribution in [-0.2, 0) is 0 Å². The van der Waals surface area contributed by atoms with Gasteiger partial charge < -0.3 is 9.13 Å². The Kier molecular flexibility index (Phi) is 4.90. The predicted molar refractivity (Wildman–Crippen MR) is 176 cm³/mol. The standard InChI is InChI=1S/C39H25N3/c1-2-12-29(13-3-1)41-36-17-9-7-15-32(36)39-38(41)23-21-34(40-39)28-19-22-37-33(25-28)31-14-6-8-16-35(31)42(37)30-20-18-26-10-4-5-11-27(26)24-30/h1-25H. The van der Waals surface area contributed by atoms with Crippen molar-refractivity contribution in [2.75, 3.05) is 0 Å². The van der Waals surface area contributed by atoms with Crippen LogP contribution in [0, 0.1) is 0 Å². The molecule has 0 atom stereocenters. The van der Waals surface area contributed by atoms with Crippen LogP contribution in [0.4, 0.5) is 0 Å². The van der Waals surface area contributed by atoms with Crippen molar-refractivity contribution in [1.82, 2.24) is 14.1 Å². The minimum Gasteiger partial charge on any atom is -0.309 e. The highest BCUT2D eigenvalue weighted by Gasteiger charge is 2.16. The highest BCUT2D eigenvalue weighted by Crippen LogP contribution is 2.37. The fourth-order valence-electron chi connectivity index (χ4n) is 6.57. The molecule has 3 heterocycles. The van der Waals surface area contributed by atoms with E-state index < -0.39 is 0 Å². The highest BCUT2D eigenvalue weighted by atomic mass is 15.0. The topological polar surface area (TPSA) is 22.8 Å². The van der Waals surface area contributed by atoms with Gasteiger partial charge in [0.2, 0.25) is 0 Å². The summed E-state index contributed by atoms with van der Waals surface area (Å²) in [6, 6.07) is 54.2. The van der Waals surface area contributed by atoms with Gasteiger partial charge in [0, 0.05) is 33.1 Å². The number of benzene rings is 6. The molecular formula is C39H25N3. The summed E-state index contributed by atoms with van der Waals surface area (Å²) in [5, 5.41) is 6.12. The predicted octanol–water partition coefficient (Wildman–Crippen LogP) is 10.1. The zero-order valence-electron chi connectivity index (χ0n) is 22.8. The first-order valence-corrected chi connectivity index (χ1v) is 14.3. The molecule has 0 aliphatic heterocycles. The van der Waals surface area contributed by atoms with Gasteiger partial charge in [-0.05, 0) is 71.4 Å². The molecule has 0 amide bonds. The van der Waals surface area contributed by atoms with Gasteiger partial charge in [-0.2, -0.15) is 0 Å². The monoisotopic (exact) mass is 535 g/mol. The largest absolute Gasteiger partial charge is 0.309 e. The number of pyridine rings is 1. The molecule has 0 bridgehead atoms. The van der Waals surface area contributed by atoms with Crippen LogP contribution in [0.2, 0.25) is 0 Å². The second kappa shape index (κ2) is 8.92. The summed E-state index contributed by atoms with van der Waals surface area (Å²) in [6.45, 7) is 0. The van der Waals surface area contributed by atoms with Crippen LogP contribution in [0.3, 0.4) is 0 Å². The maximum atomic E-state index is 5.28. The van der Waals surface area contributed by atoms with E-state index in [1.165, 1.54) is 38.3 Å². The number of nitrogens with zero attached hydrogens (tertiary/aromatic N) is 3. The Morgan fingerprint density at radius 1 is 0.381 bits per heavy atom. The molecule has 42 heavy (non-hydrogen) atoms. The van der Waals surface area contributed by atoms with Crippen molar-refractivity contribution < 1.29 is 0 Å². The van der Waals surface area contributed by atoms with E-state index in [9.17, 15) is 0 Å². The summed E-state index contributed by atoms with van der Waals surface area (Å²) in [6.07, 6.45) is 0. The summed E-state index contributed by atoms with van der Waals surface area (Å²) in [5.74, 6) is 0. The molecule has 3 aromatic heterocycles. The van der Waals surface area contributed by atoms with E-state index in [0.717, 1.165) is 38.9 Å². The lowest BCUT2D eigenvalue weighted by Gasteiger charge is -2.10. The smallest absolute Gasteiger partial charge is 0.0970 e. The van der Waals surface area contributed by atoms with Crippen molar-refractivity contribution in [3.05, 3.63) is 152 Å². The fourth-order valence-corrected chi connectivity index (χ4v) is 6.57. The van der Waals surface area contributed by atoms with Crippen LogP contribution in [-0.4, -0.2) is 14.1 Å². The van der Waals surface area contributed by atoms with Gasteiger partial charge in [-0.15, -0.1) is 0 Å². The Bertz CT molecular complexity index is 2460. The highest BCUT2D eigenvalue weighted by molar-refractivity contribution is 6.11. The van der Waals surface area contributed by atoms with Gasteiger partial charge in [-0.1, -0.05) is 91.0 Å². The van der Waals surface area contributed by atoms with E-state index in [1.54, 1.807) is 0 Å². The van der Waals surface area contributed by atoms with E-state index in [0.29, 0.717) is 0 Å². The van der Waals surface area contributed by atoms with Crippen LogP contribution in [0.1, 0.15) is 0 Å². The second-order valence-electron chi connectivity index (χ2n) is 10.9. The van der Waals surface area contributed by atoms with Crippen LogP contribution >= 0.6 is 0 Å². The molecule has 6 aromatic carbocycles. The lowest BCUT2D eigenvalue weighted by Crippen LogP contribution is -1.94. The summed E-state index contributed by atoms with van der Waals surface area (Å²) < 4.78 is 4.69. The minimum absolute atomic E-state index is 0.975. The second-order valence-corrected chi connectivity index (χ2v) is 10.9. The molecule has 9 rings (SSSR count). The average Bonchev–Trinajstić information content (AvgIpc) is 3.57. The molecule has 0 fully saturated rings. The number of aromatic nitrogens is 3. The van der Waals surface area contributed by atoms with Gasteiger partial charge in [-0.25, -0.2) is 4.98 Å². The SMILES string of the molecule is c1ccc(-n2c3ccccc3c3nc(-c4ccc5c(c4)c4ccccc4n5-c4ccc5ccccc5c4)ccc32)cc1. The van der Waals surface area contributed by atoms with Crippen molar-refractivity contribution in [2.45, 2.75) is 0 Å². The normalized spacial score (nSPS) is 11.8. The van der Waals surface area contributed by atoms with Gasteiger partial charge >= 0.3 is 0 Å². The van der Waals surface area contributed by atoms with E-state index in [-0.39, 0.29) is 0 Å². The minimum atomic E-state index is 0.975. The molecule has 0 unspecified atom stereocenters. The zero-order valence-corrected chi connectivity index (χ0v) is 22.8. The van der Waals surface area contributed by atoms with Gasteiger partial charge in [0.1, 0.15) is 0 Å². The Morgan fingerprint density at radius 2 is 1.02 bits per heavy atom. The van der Waals surface area contributed by atoms with Crippen LogP contribution in [0.25, 0.3) is 77.1 Å². The van der Waals surface area contributed by atoms with Crippen LogP contribution in [0.15, 0.2) is 152 Å². The van der Waals surface area contributed by atoms with E-state index >= 15 is 0 Å². The molecule has 0 aliphatic carbocycles. The summed E-state index contributed by atoms with van der Waals surface area (Å²) in [7, 11) is 0. The van der Waals surface area contributed by atoms with E-state index in [4.69, 9.17) is 4.98 Å². The van der Waals surface area contributed by atoms with E-state index in [1.807, 2.05) is 0 Å². The maximum Gasteiger partial charge on any atom is 0.0970 e. The first-order chi connectivity index (χ1) is 20.8. The fraction of sp³-hybridized carbons (Fsp3) is 0.